The van der Waals surface area contributed by atoms with E-state index in [2.05, 4.69) is 18.5 Å². The topological polar surface area (TPSA) is 21.3 Å². The van der Waals surface area contributed by atoms with Crippen molar-refractivity contribution in [1.29, 1.82) is 0 Å². The average molecular weight is 233 g/mol. The Balaban J connectivity index is 3.02. The molecule has 0 rings (SSSR count). The van der Waals surface area contributed by atoms with Crippen molar-refractivity contribution in [2.75, 3.05) is 32.3 Å². The molecule has 0 aromatic rings. The Kier molecular flexibility index (Phi) is 12.6. The summed E-state index contributed by atoms with van der Waals surface area (Å²) in [7, 11) is 1.76. The van der Waals surface area contributed by atoms with Crippen molar-refractivity contribution in [3.05, 3.63) is 0 Å². The van der Waals surface area contributed by atoms with Gasteiger partial charge in [-0.2, -0.15) is 11.8 Å². The third kappa shape index (κ3) is 12.2. The number of unbranched alkanes of at least 4 members (excludes halogenated alkanes) is 3. The van der Waals surface area contributed by atoms with Crippen molar-refractivity contribution < 1.29 is 4.74 Å². The molecule has 2 nitrogen and oxygen atoms in total. The van der Waals surface area contributed by atoms with Crippen molar-refractivity contribution >= 4 is 11.8 Å². The molecule has 1 unspecified atom stereocenters. The monoisotopic (exact) mass is 233 g/mol. The van der Waals surface area contributed by atoms with Gasteiger partial charge in [0.15, 0.2) is 0 Å². The van der Waals surface area contributed by atoms with E-state index in [0.717, 1.165) is 19.6 Å². The first-order chi connectivity index (χ1) is 7.31. The molecule has 1 atom stereocenters. The van der Waals surface area contributed by atoms with E-state index in [1.807, 2.05) is 11.8 Å². The Morgan fingerprint density at radius 1 is 1.20 bits per heavy atom. The summed E-state index contributed by atoms with van der Waals surface area (Å²) in [5.41, 5.74) is 0. The lowest BCUT2D eigenvalue weighted by atomic mass is 10.2. The number of thioether (sulfide) groups is 1. The van der Waals surface area contributed by atoms with Crippen LogP contribution in [0.5, 0.6) is 0 Å². The Labute approximate surface area is 99.5 Å². The fourth-order valence-corrected chi connectivity index (χ4v) is 1.96. The van der Waals surface area contributed by atoms with Gasteiger partial charge in [0, 0.05) is 19.8 Å². The molecule has 0 amide bonds. The van der Waals surface area contributed by atoms with Crippen molar-refractivity contribution in [2.24, 2.45) is 0 Å². The average Bonchev–Trinajstić information content (AvgIpc) is 2.25. The fraction of sp³-hybridized carbons (Fsp3) is 1.00. The first-order valence-corrected chi connectivity index (χ1v) is 7.42. The molecule has 0 bridgehead atoms. The van der Waals surface area contributed by atoms with Gasteiger partial charge in [-0.1, -0.05) is 12.8 Å². The van der Waals surface area contributed by atoms with E-state index in [1.54, 1.807) is 7.11 Å². The summed E-state index contributed by atoms with van der Waals surface area (Å²) in [4.78, 5) is 0. The van der Waals surface area contributed by atoms with Crippen LogP contribution in [-0.2, 0) is 4.74 Å². The van der Waals surface area contributed by atoms with Crippen LogP contribution in [-0.4, -0.2) is 38.3 Å². The lowest BCUT2D eigenvalue weighted by Crippen LogP contribution is -2.28. The molecule has 0 saturated carbocycles. The summed E-state index contributed by atoms with van der Waals surface area (Å²) in [6, 6.07) is 0.594. The summed E-state index contributed by atoms with van der Waals surface area (Å²) in [5, 5.41) is 3.52. The van der Waals surface area contributed by atoms with Gasteiger partial charge in [-0.25, -0.2) is 0 Å². The molecule has 1 N–H and O–H groups in total. The molecule has 3 heteroatoms. The first kappa shape index (κ1) is 15.3. The van der Waals surface area contributed by atoms with Crippen LogP contribution in [0.25, 0.3) is 0 Å². The number of nitrogens with one attached hydrogen (secondary N) is 1. The number of methoxy groups -OCH3 is 1. The Morgan fingerprint density at radius 3 is 2.60 bits per heavy atom. The summed E-state index contributed by atoms with van der Waals surface area (Å²) in [6.45, 7) is 4.25. The van der Waals surface area contributed by atoms with E-state index in [1.165, 1.54) is 31.4 Å². The van der Waals surface area contributed by atoms with Gasteiger partial charge in [0.25, 0.3) is 0 Å². The Bertz CT molecular complexity index is 122. The van der Waals surface area contributed by atoms with Gasteiger partial charge in [0.05, 0.1) is 0 Å². The minimum absolute atomic E-state index is 0.594. The third-order valence-electron chi connectivity index (χ3n) is 2.52. The van der Waals surface area contributed by atoms with E-state index in [9.17, 15) is 0 Å². The number of hydrogen-bond acceptors (Lipinski definition) is 3. The van der Waals surface area contributed by atoms with Crippen LogP contribution in [0.1, 0.15) is 39.0 Å². The van der Waals surface area contributed by atoms with Gasteiger partial charge in [0.2, 0.25) is 0 Å². The minimum atomic E-state index is 0.594. The van der Waals surface area contributed by atoms with Gasteiger partial charge in [-0.05, 0) is 44.7 Å². The zero-order valence-electron chi connectivity index (χ0n) is 10.6. The summed E-state index contributed by atoms with van der Waals surface area (Å²) >= 11 is 1.95. The fourth-order valence-electron chi connectivity index (χ4n) is 1.47. The van der Waals surface area contributed by atoms with E-state index < -0.39 is 0 Å². The summed E-state index contributed by atoms with van der Waals surface area (Å²) in [6.07, 6.45) is 8.73. The predicted octanol–water partition coefficient (Wildman–Crippen LogP) is 2.92. The second-order valence-corrected chi connectivity index (χ2v) is 5.03. The van der Waals surface area contributed by atoms with Crippen LogP contribution in [0, 0.1) is 0 Å². The number of ether oxygens (including phenoxy) is 1. The zero-order chi connectivity index (χ0) is 11.4. The zero-order valence-corrected chi connectivity index (χ0v) is 11.4. The minimum Gasteiger partial charge on any atom is -0.385 e. The van der Waals surface area contributed by atoms with Crippen LogP contribution in [0.2, 0.25) is 0 Å². The second-order valence-electron chi connectivity index (χ2n) is 4.04. The van der Waals surface area contributed by atoms with Gasteiger partial charge < -0.3 is 10.1 Å². The summed E-state index contributed by atoms with van der Waals surface area (Å²) in [5.74, 6) is 1.32. The molecule has 0 heterocycles. The highest BCUT2D eigenvalue weighted by molar-refractivity contribution is 7.98. The Hall–Kier alpha value is 0.270. The molecule has 0 aliphatic heterocycles. The third-order valence-corrected chi connectivity index (χ3v) is 3.22. The van der Waals surface area contributed by atoms with Crippen LogP contribution >= 0.6 is 11.8 Å². The smallest absolute Gasteiger partial charge is 0.0476 e. The van der Waals surface area contributed by atoms with Gasteiger partial charge in [0.1, 0.15) is 0 Å². The molecule has 0 radical (unpaired) electrons. The number of hydrogen-bond donors (Lipinski definition) is 1. The van der Waals surface area contributed by atoms with Crippen LogP contribution in [0.3, 0.4) is 0 Å². The van der Waals surface area contributed by atoms with E-state index in [4.69, 9.17) is 4.74 Å². The van der Waals surface area contributed by atoms with Gasteiger partial charge >= 0.3 is 0 Å². The maximum absolute atomic E-state index is 5.04. The van der Waals surface area contributed by atoms with E-state index in [-0.39, 0.29) is 0 Å². The van der Waals surface area contributed by atoms with Crippen LogP contribution < -0.4 is 5.32 Å². The lowest BCUT2D eigenvalue weighted by Gasteiger charge is -2.12. The molecule has 0 aliphatic carbocycles. The molecular weight excluding hydrogens is 206 g/mol. The quantitative estimate of drug-likeness (QED) is 0.554. The van der Waals surface area contributed by atoms with Gasteiger partial charge in [-0.15, -0.1) is 0 Å². The van der Waals surface area contributed by atoms with Crippen LogP contribution in [0.15, 0.2) is 0 Å². The predicted molar refractivity (Wildman–Crippen MR) is 70.8 cm³/mol. The molecule has 0 aliphatic rings. The highest BCUT2D eigenvalue weighted by atomic mass is 32.2. The van der Waals surface area contributed by atoms with Gasteiger partial charge in [-0.3, -0.25) is 0 Å². The normalized spacial score (nSPS) is 13.0. The second kappa shape index (κ2) is 12.3. The molecule has 0 fully saturated rings. The van der Waals surface area contributed by atoms with E-state index in [0.29, 0.717) is 6.04 Å². The summed E-state index contributed by atoms with van der Waals surface area (Å²) < 4.78 is 5.04. The molecule has 0 aromatic heterocycles. The van der Waals surface area contributed by atoms with Crippen LogP contribution in [0.4, 0.5) is 0 Å². The molecule has 15 heavy (non-hydrogen) atoms. The molecular formula is C12H27NOS. The molecule has 92 valence electrons. The molecule has 0 aromatic carbocycles. The standard InChI is InChI=1S/C12H27NOS/c1-12(8-10-14-2)13-9-6-4-5-7-11-15-3/h12-13H,4-11H2,1-3H3. The molecule has 0 spiro atoms. The molecule has 0 saturated heterocycles. The SMILES string of the molecule is COCCC(C)NCCCCCCSC. The van der Waals surface area contributed by atoms with Crippen molar-refractivity contribution in [1.82, 2.24) is 5.32 Å². The van der Waals surface area contributed by atoms with E-state index >= 15 is 0 Å². The van der Waals surface area contributed by atoms with Crippen molar-refractivity contribution in [3.8, 4) is 0 Å². The highest BCUT2D eigenvalue weighted by Gasteiger charge is 1.99. The first-order valence-electron chi connectivity index (χ1n) is 6.02. The van der Waals surface area contributed by atoms with Crippen molar-refractivity contribution in [3.63, 3.8) is 0 Å². The lowest BCUT2D eigenvalue weighted by molar-refractivity contribution is 0.185. The maximum Gasteiger partial charge on any atom is 0.0476 e. The largest absolute Gasteiger partial charge is 0.385 e. The number of rotatable bonds is 11. The highest BCUT2D eigenvalue weighted by Crippen LogP contribution is 2.04. The Morgan fingerprint density at radius 2 is 1.93 bits per heavy atom. The van der Waals surface area contributed by atoms with Crippen molar-refractivity contribution in [2.45, 2.75) is 45.1 Å². The maximum atomic E-state index is 5.04.